The van der Waals surface area contributed by atoms with E-state index in [0.717, 1.165) is 23.4 Å². The van der Waals surface area contributed by atoms with E-state index in [0.29, 0.717) is 13.0 Å². The van der Waals surface area contributed by atoms with Crippen LogP contribution in [-0.2, 0) is 12.6 Å². The van der Waals surface area contributed by atoms with Gasteiger partial charge in [-0.15, -0.1) is 0 Å². The number of ether oxygens (including phenoxy) is 1. The van der Waals surface area contributed by atoms with Crippen LogP contribution in [0.4, 0.5) is 13.2 Å². The summed E-state index contributed by atoms with van der Waals surface area (Å²) < 4.78 is 42.9. The molecule has 2 aromatic rings. The summed E-state index contributed by atoms with van der Waals surface area (Å²) in [7, 11) is 1.57. The Hall–Kier alpha value is -2.50. The van der Waals surface area contributed by atoms with Gasteiger partial charge in [-0.3, -0.25) is 4.79 Å². The second kappa shape index (κ2) is 7.17. The number of amides is 1. The SMILES string of the molecule is COc1ccc(CCNC(=O)c2cccc(C(F)(F)F)c2)cc1. The van der Waals surface area contributed by atoms with E-state index in [1.54, 1.807) is 7.11 Å². The summed E-state index contributed by atoms with van der Waals surface area (Å²) in [5, 5.41) is 2.62. The molecule has 0 bridgehead atoms. The zero-order valence-corrected chi connectivity index (χ0v) is 12.5. The molecule has 122 valence electrons. The molecule has 0 fully saturated rings. The minimum absolute atomic E-state index is 0.00504. The lowest BCUT2D eigenvalue weighted by atomic mass is 10.1. The van der Waals surface area contributed by atoms with Crippen molar-refractivity contribution in [3.8, 4) is 5.75 Å². The van der Waals surface area contributed by atoms with E-state index >= 15 is 0 Å². The van der Waals surface area contributed by atoms with Gasteiger partial charge in [0.25, 0.3) is 5.91 Å². The van der Waals surface area contributed by atoms with Crippen LogP contribution in [-0.4, -0.2) is 19.6 Å². The van der Waals surface area contributed by atoms with Crippen molar-refractivity contribution in [2.75, 3.05) is 13.7 Å². The normalized spacial score (nSPS) is 11.1. The molecule has 1 amide bonds. The first-order chi connectivity index (χ1) is 10.9. The van der Waals surface area contributed by atoms with Gasteiger partial charge in [0.15, 0.2) is 0 Å². The number of carbonyl (C=O) groups is 1. The smallest absolute Gasteiger partial charge is 0.416 e. The number of nitrogens with one attached hydrogen (secondary N) is 1. The quantitative estimate of drug-likeness (QED) is 0.911. The van der Waals surface area contributed by atoms with Crippen LogP contribution < -0.4 is 10.1 Å². The zero-order valence-electron chi connectivity index (χ0n) is 12.5. The highest BCUT2D eigenvalue weighted by molar-refractivity contribution is 5.94. The minimum atomic E-state index is -4.46. The molecule has 3 nitrogen and oxygen atoms in total. The highest BCUT2D eigenvalue weighted by Gasteiger charge is 2.30. The molecular formula is C17H16F3NO2. The summed E-state index contributed by atoms with van der Waals surface area (Å²) in [6, 6.07) is 11.7. The molecule has 1 N–H and O–H groups in total. The Morgan fingerprint density at radius 2 is 1.83 bits per heavy atom. The van der Waals surface area contributed by atoms with Gasteiger partial charge in [0.05, 0.1) is 12.7 Å². The molecule has 0 spiro atoms. The third kappa shape index (κ3) is 4.74. The maximum Gasteiger partial charge on any atom is 0.416 e. The number of methoxy groups -OCH3 is 1. The summed E-state index contributed by atoms with van der Waals surface area (Å²) in [4.78, 5) is 11.9. The molecule has 0 radical (unpaired) electrons. The van der Waals surface area contributed by atoms with Gasteiger partial charge in [-0.25, -0.2) is 0 Å². The minimum Gasteiger partial charge on any atom is -0.497 e. The van der Waals surface area contributed by atoms with Gasteiger partial charge in [-0.05, 0) is 42.3 Å². The molecule has 0 saturated heterocycles. The molecule has 0 unspecified atom stereocenters. The van der Waals surface area contributed by atoms with Crippen molar-refractivity contribution in [1.29, 1.82) is 0 Å². The van der Waals surface area contributed by atoms with Crippen molar-refractivity contribution < 1.29 is 22.7 Å². The molecule has 2 rings (SSSR count). The number of hydrogen-bond donors (Lipinski definition) is 1. The fourth-order valence-corrected chi connectivity index (χ4v) is 2.05. The Balaban J connectivity index is 1.92. The van der Waals surface area contributed by atoms with Crippen LogP contribution in [0, 0.1) is 0 Å². The van der Waals surface area contributed by atoms with Gasteiger partial charge >= 0.3 is 6.18 Å². The Bertz CT molecular complexity index is 666. The van der Waals surface area contributed by atoms with E-state index in [-0.39, 0.29) is 5.56 Å². The molecule has 0 heterocycles. The molecule has 6 heteroatoms. The molecule has 0 aliphatic rings. The van der Waals surface area contributed by atoms with Gasteiger partial charge in [0.1, 0.15) is 5.75 Å². The molecule has 0 aliphatic heterocycles. The van der Waals surface area contributed by atoms with Crippen molar-refractivity contribution >= 4 is 5.91 Å². The van der Waals surface area contributed by atoms with Crippen LogP contribution in [0.5, 0.6) is 5.75 Å². The Kier molecular flexibility index (Phi) is 5.26. The average Bonchev–Trinajstić information content (AvgIpc) is 2.54. The summed E-state index contributed by atoms with van der Waals surface area (Å²) in [6.07, 6.45) is -3.88. The summed E-state index contributed by atoms with van der Waals surface area (Å²) in [6.45, 7) is 0.335. The molecule has 2 aromatic carbocycles. The Morgan fingerprint density at radius 3 is 2.43 bits per heavy atom. The molecule has 0 atom stereocenters. The summed E-state index contributed by atoms with van der Waals surface area (Å²) in [5.41, 5.74) is 0.157. The first-order valence-electron chi connectivity index (χ1n) is 6.98. The topological polar surface area (TPSA) is 38.3 Å². The van der Waals surface area contributed by atoms with E-state index in [1.807, 2.05) is 24.3 Å². The van der Waals surface area contributed by atoms with E-state index in [4.69, 9.17) is 4.74 Å². The number of rotatable bonds is 5. The Labute approximate surface area is 132 Å². The van der Waals surface area contributed by atoms with Gasteiger partial charge in [-0.1, -0.05) is 18.2 Å². The lowest BCUT2D eigenvalue weighted by Crippen LogP contribution is -2.26. The number of halogens is 3. The van der Waals surface area contributed by atoms with Crippen LogP contribution in [0.1, 0.15) is 21.5 Å². The van der Waals surface area contributed by atoms with Gasteiger partial charge < -0.3 is 10.1 Å². The van der Waals surface area contributed by atoms with E-state index in [9.17, 15) is 18.0 Å². The fraction of sp³-hybridized carbons (Fsp3) is 0.235. The highest BCUT2D eigenvalue weighted by Crippen LogP contribution is 2.29. The van der Waals surface area contributed by atoms with Crippen molar-refractivity contribution in [2.45, 2.75) is 12.6 Å². The molecule has 0 aromatic heterocycles. The monoisotopic (exact) mass is 323 g/mol. The highest BCUT2D eigenvalue weighted by atomic mass is 19.4. The van der Waals surface area contributed by atoms with Crippen LogP contribution in [0.2, 0.25) is 0 Å². The van der Waals surface area contributed by atoms with E-state index < -0.39 is 17.6 Å². The predicted octanol–water partition coefficient (Wildman–Crippen LogP) is 3.69. The van der Waals surface area contributed by atoms with E-state index in [2.05, 4.69) is 5.32 Å². The lowest BCUT2D eigenvalue weighted by Gasteiger charge is -2.09. The van der Waals surface area contributed by atoms with Crippen LogP contribution in [0.3, 0.4) is 0 Å². The van der Waals surface area contributed by atoms with Crippen molar-refractivity contribution in [3.63, 3.8) is 0 Å². The number of hydrogen-bond acceptors (Lipinski definition) is 2. The second-order valence-corrected chi connectivity index (χ2v) is 4.93. The molecular weight excluding hydrogens is 307 g/mol. The largest absolute Gasteiger partial charge is 0.497 e. The van der Waals surface area contributed by atoms with Crippen molar-refractivity contribution in [3.05, 3.63) is 65.2 Å². The number of benzene rings is 2. The van der Waals surface area contributed by atoms with E-state index in [1.165, 1.54) is 12.1 Å². The Morgan fingerprint density at radius 1 is 1.13 bits per heavy atom. The van der Waals surface area contributed by atoms with Crippen LogP contribution in [0.25, 0.3) is 0 Å². The third-order valence-electron chi connectivity index (χ3n) is 3.31. The summed E-state index contributed by atoms with van der Waals surface area (Å²) in [5.74, 6) is 0.214. The maximum absolute atomic E-state index is 12.6. The predicted molar refractivity (Wildman–Crippen MR) is 80.5 cm³/mol. The number of alkyl halides is 3. The lowest BCUT2D eigenvalue weighted by molar-refractivity contribution is -0.137. The average molecular weight is 323 g/mol. The molecule has 23 heavy (non-hydrogen) atoms. The standard InChI is InChI=1S/C17H16F3NO2/c1-23-15-7-5-12(6-8-15)9-10-21-16(22)13-3-2-4-14(11-13)17(18,19)20/h2-8,11H,9-10H2,1H3,(H,21,22). The van der Waals surface area contributed by atoms with Crippen LogP contribution >= 0.6 is 0 Å². The summed E-state index contributed by atoms with van der Waals surface area (Å²) >= 11 is 0. The zero-order chi connectivity index (χ0) is 16.9. The third-order valence-corrected chi connectivity index (χ3v) is 3.31. The molecule has 0 saturated carbocycles. The molecule has 0 aliphatic carbocycles. The van der Waals surface area contributed by atoms with Gasteiger partial charge in [-0.2, -0.15) is 13.2 Å². The first-order valence-corrected chi connectivity index (χ1v) is 6.98. The van der Waals surface area contributed by atoms with Gasteiger partial charge in [0.2, 0.25) is 0 Å². The second-order valence-electron chi connectivity index (χ2n) is 4.93. The van der Waals surface area contributed by atoms with Crippen molar-refractivity contribution in [2.24, 2.45) is 0 Å². The maximum atomic E-state index is 12.6. The van der Waals surface area contributed by atoms with Gasteiger partial charge in [0, 0.05) is 12.1 Å². The fourth-order valence-electron chi connectivity index (χ4n) is 2.05. The van der Waals surface area contributed by atoms with Crippen LogP contribution in [0.15, 0.2) is 48.5 Å². The number of carbonyl (C=O) groups excluding carboxylic acids is 1. The first kappa shape index (κ1) is 16.9. The van der Waals surface area contributed by atoms with Crippen molar-refractivity contribution in [1.82, 2.24) is 5.32 Å².